The van der Waals surface area contributed by atoms with Gasteiger partial charge in [-0.25, -0.2) is 22.9 Å². The quantitative estimate of drug-likeness (QED) is 0.567. The number of nitrogen functional groups attached to an aromatic ring is 1. The number of anilines is 1. The summed E-state index contributed by atoms with van der Waals surface area (Å²) in [7, 11) is -3.26. The van der Waals surface area contributed by atoms with Crippen LogP contribution in [0.2, 0.25) is 0 Å². The number of sulfonamides is 1. The third-order valence-corrected chi connectivity index (χ3v) is 6.09. The van der Waals surface area contributed by atoms with Crippen molar-refractivity contribution in [2.75, 3.05) is 18.9 Å². The Hall–Kier alpha value is -2.89. The van der Waals surface area contributed by atoms with Gasteiger partial charge in [-0.3, -0.25) is 0 Å². The van der Waals surface area contributed by atoms with E-state index in [1.165, 1.54) is 0 Å². The minimum atomic E-state index is -3.26. The number of pyridine rings is 1. The molecule has 146 valence electrons. The standard InChI is InChI=1S/C20H21N3O4S/c1-2-27-20(24)15-7-5-14(6-8-15)17-12-16(19(21)22-13-17)4-3-11-23-28(25,26)18-9-10-18/h5-8,12-13,18,23H,2,9-11H2,1H3,(H2,21,22). The molecule has 0 aliphatic heterocycles. The van der Waals surface area contributed by atoms with Gasteiger partial charge in [0.2, 0.25) is 10.0 Å². The average molecular weight is 399 g/mol. The number of hydrogen-bond donors (Lipinski definition) is 2. The van der Waals surface area contributed by atoms with Crippen LogP contribution >= 0.6 is 0 Å². The zero-order valence-corrected chi connectivity index (χ0v) is 16.3. The van der Waals surface area contributed by atoms with Gasteiger partial charge in [-0.05, 0) is 43.5 Å². The predicted octanol–water partition coefficient (Wildman–Crippen LogP) is 1.94. The van der Waals surface area contributed by atoms with Crippen LogP contribution in [0.3, 0.4) is 0 Å². The third kappa shape index (κ3) is 4.88. The van der Waals surface area contributed by atoms with Crippen LogP contribution < -0.4 is 10.5 Å². The lowest BCUT2D eigenvalue weighted by molar-refractivity contribution is 0.0526. The highest BCUT2D eigenvalue weighted by molar-refractivity contribution is 7.90. The number of hydrogen-bond acceptors (Lipinski definition) is 6. The minimum absolute atomic E-state index is 0.0245. The van der Waals surface area contributed by atoms with E-state index in [1.54, 1.807) is 43.5 Å². The van der Waals surface area contributed by atoms with Crippen molar-refractivity contribution in [2.45, 2.75) is 25.0 Å². The molecule has 1 saturated carbocycles. The molecular formula is C20H21N3O4S. The van der Waals surface area contributed by atoms with E-state index in [0.717, 1.165) is 11.1 Å². The van der Waals surface area contributed by atoms with Gasteiger partial charge in [-0.2, -0.15) is 0 Å². The van der Waals surface area contributed by atoms with Crippen LogP contribution in [0.5, 0.6) is 0 Å². The molecular weight excluding hydrogens is 378 g/mol. The van der Waals surface area contributed by atoms with E-state index >= 15 is 0 Å². The van der Waals surface area contributed by atoms with E-state index in [9.17, 15) is 13.2 Å². The van der Waals surface area contributed by atoms with Gasteiger partial charge >= 0.3 is 5.97 Å². The Balaban J connectivity index is 1.73. The molecule has 3 N–H and O–H groups in total. The van der Waals surface area contributed by atoms with E-state index in [4.69, 9.17) is 10.5 Å². The molecule has 0 saturated heterocycles. The number of benzene rings is 1. The third-order valence-electron chi connectivity index (χ3n) is 4.20. The van der Waals surface area contributed by atoms with Gasteiger partial charge in [0.1, 0.15) is 5.82 Å². The zero-order valence-electron chi connectivity index (χ0n) is 15.4. The van der Waals surface area contributed by atoms with Crippen molar-refractivity contribution in [1.29, 1.82) is 0 Å². The highest BCUT2D eigenvalue weighted by Crippen LogP contribution is 2.27. The summed E-state index contributed by atoms with van der Waals surface area (Å²) < 4.78 is 31.0. The van der Waals surface area contributed by atoms with Crippen LogP contribution in [0.1, 0.15) is 35.7 Å². The first-order valence-corrected chi connectivity index (χ1v) is 10.5. The maximum Gasteiger partial charge on any atom is 0.338 e. The van der Waals surface area contributed by atoms with Crippen molar-refractivity contribution >= 4 is 21.8 Å². The van der Waals surface area contributed by atoms with E-state index < -0.39 is 10.0 Å². The predicted molar refractivity (Wildman–Crippen MR) is 107 cm³/mol. The van der Waals surface area contributed by atoms with E-state index in [-0.39, 0.29) is 23.6 Å². The normalized spacial score (nSPS) is 13.5. The fourth-order valence-electron chi connectivity index (χ4n) is 2.52. The smallest absolute Gasteiger partial charge is 0.338 e. The number of esters is 1. The first-order chi connectivity index (χ1) is 13.4. The second-order valence-electron chi connectivity index (χ2n) is 6.32. The molecule has 0 unspecified atom stereocenters. The fourth-order valence-corrected chi connectivity index (χ4v) is 3.78. The van der Waals surface area contributed by atoms with Crippen LogP contribution in [0.4, 0.5) is 5.82 Å². The molecule has 1 aliphatic rings. The van der Waals surface area contributed by atoms with Crippen molar-refractivity contribution in [3.05, 3.63) is 47.7 Å². The number of nitrogens with zero attached hydrogens (tertiary/aromatic N) is 1. The summed E-state index contributed by atoms with van der Waals surface area (Å²) in [6, 6.07) is 8.73. The van der Waals surface area contributed by atoms with Gasteiger partial charge in [0.25, 0.3) is 0 Å². The summed E-state index contributed by atoms with van der Waals surface area (Å²) in [5, 5.41) is -0.276. The maximum atomic E-state index is 11.8. The number of rotatable bonds is 6. The van der Waals surface area contributed by atoms with Crippen molar-refractivity contribution in [2.24, 2.45) is 0 Å². The molecule has 0 amide bonds. The number of aromatic nitrogens is 1. The summed E-state index contributed by atoms with van der Waals surface area (Å²) in [6.45, 7) is 2.10. The summed E-state index contributed by atoms with van der Waals surface area (Å²) >= 11 is 0. The van der Waals surface area contributed by atoms with E-state index in [2.05, 4.69) is 21.5 Å². The SMILES string of the molecule is CCOC(=O)c1ccc(-c2cnc(N)c(C#CCNS(=O)(=O)C3CC3)c2)cc1. The molecule has 0 bridgehead atoms. The Labute approximate surface area is 164 Å². The molecule has 28 heavy (non-hydrogen) atoms. The van der Waals surface area contributed by atoms with Gasteiger partial charge in [0, 0.05) is 11.8 Å². The lowest BCUT2D eigenvalue weighted by atomic mass is 10.0. The van der Waals surface area contributed by atoms with Crippen LogP contribution in [-0.4, -0.2) is 37.8 Å². The number of nitrogens with one attached hydrogen (secondary N) is 1. The summed E-state index contributed by atoms with van der Waals surface area (Å²) in [5.74, 6) is 5.54. The van der Waals surface area contributed by atoms with Gasteiger partial charge in [0.05, 0.1) is 29.5 Å². The lowest BCUT2D eigenvalue weighted by Crippen LogP contribution is -2.27. The highest BCUT2D eigenvalue weighted by Gasteiger charge is 2.34. The maximum absolute atomic E-state index is 11.8. The second-order valence-corrected chi connectivity index (χ2v) is 8.37. The van der Waals surface area contributed by atoms with E-state index in [0.29, 0.717) is 30.6 Å². The van der Waals surface area contributed by atoms with Crippen LogP contribution in [0, 0.1) is 11.8 Å². The average Bonchev–Trinajstić information content (AvgIpc) is 3.53. The first kappa shape index (κ1) is 19.9. The fraction of sp³-hybridized carbons (Fsp3) is 0.300. The Kier molecular flexibility index (Phi) is 5.97. The Bertz CT molecular complexity index is 1030. The Morgan fingerprint density at radius 1 is 1.29 bits per heavy atom. The minimum Gasteiger partial charge on any atom is -0.462 e. The zero-order chi connectivity index (χ0) is 20.1. The van der Waals surface area contributed by atoms with Crippen molar-refractivity contribution in [3.8, 4) is 23.0 Å². The molecule has 1 fully saturated rings. The molecule has 1 aliphatic carbocycles. The van der Waals surface area contributed by atoms with Crippen LogP contribution in [0.15, 0.2) is 36.5 Å². The molecule has 1 heterocycles. The molecule has 7 nitrogen and oxygen atoms in total. The van der Waals surface area contributed by atoms with Gasteiger partial charge < -0.3 is 10.5 Å². The van der Waals surface area contributed by atoms with Gasteiger partial charge in [0.15, 0.2) is 0 Å². The molecule has 0 atom stereocenters. The summed E-state index contributed by atoms with van der Waals surface area (Å²) in [4.78, 5) is 15.9. The van der Waals surface area contributed by atoms with Gasteiger partial charge in [-0.1, -0.05) is 24.0 Å². The number of ether oxygens (including phenoxy) is 1. The van der Waals surface area contributed by atoms with Crippen molar-refractivity contribution in [3.63, 3.8) is 0 Å². The first-order valence-electron chi connectivity index (χ1n) is 8.91. The molecule has 1 aromatic heterocycles. The molecule has 8 heteroatoms. The molecule has 2 aromatic rings. The van der Waals surface area contributed by atoms with Crippen molar-refractivity contribution < 1.29 is 17.9 Å². The second kappa shape index (κ2) is 8.42. The van der Waals surface area contributed by atoms with Gasteiger partial charge in [-0.15, -0.1) is 0 Å². The molecule has 1 aromatic carbocycles. The Morgan fingerprint density at radius 3 is 2.64 bits per heavy atom. The van der Waals surface area contributed by atoms with Crippen LogP contribution in [0.25, 0.3) is 11.1 Å². The summed E-state index contributed by atoms with van der Waals surface area (Å²) in [6.07, 6.45) is 3.03. The number of carbonyl (C=O) groups excluding carboxylic acids is 1. The van der Waals surface area contributed by atoms with Crippen LogP contribution in [-0.2, 0) is 14.8 Å². The van der Waals surface area contributed by atoms with Crippen molar-refractivity contribution in [1.82, 2.24) is 9.71 Å². The molecule has 3 rings (SSSR count). The number of nitrogens with two attached hydrogens (primary N) is 1. The number of carbonyl (C=O) groups is 1. The highest BCUT2D eigenvalue weighted by atomic mass is 32.2. The Morgan fingerprint density at radius 2 is 2.00 bits per heavy atom. The topological polar surface area (TPSA) is 111 Å². The summed E-state index contributed by atoms with van der Waals surface area (Å²) in [5.41, 5.74) is 8.49. The lowest BCUT2D eigenvalue weighted by Gasteiger charge is -2.06. The molecule has 0 radical (unpaired) electrons. The van der Waals surface area contributed by atoms with E-state index in [1.807, 2.05) is 0 Å². The molecule has 0 spiro atoms. The largest absolute Gasteiger partial charge is 0.462 e. The monoisotopic (exact) mass is 399 g/mol.